The summed E-state index contributed by atoms with van der Waals surface area (Å²) in [5, 5.41) is 0. The topological polar surface area (TPSA) is 72.0 Å². The first-order valence-corrected chi connectivity index (χ1v) is 9.07. The lowest BCUT2D eigenvalue weighted by atomic mass is 9.82. The summed E-state index contributed by atoms with van der Waals surface area (Å²) in [6.45, 7) is 2.98. The van der Waals surface area contributed by atoms with Gasteiger partial charge in [0.2, 0.25) is 0 Å². The molecule has 1 aromatic heterocycles. The molecule has 7 nitrogen and oxygen atoms in total. The van der Waals surface area contributed by atoms with Gasteiger partial charge in [0.15, 0.2) is 0 Å². The number of ether oxygens (including phenoxy) is 2. The fraction of sp³-hybridized carbons (Fsp3) is 0.667. The van der Waals surface area contributed by atoms with Gasteiger partial charge < -0.3 is 9.47 Å². The molecule has 2 atom stereocenters. The van der Waals surface area contributed by atoms with Crippen molar-refractivity contribution >= 4 is 10.2 Å². The quantitative estimate of drug-likeness (QED) is 0.747. The minimum absolute atomic E-state index is 0.181. The third-order valence-corrected chi connectivity index (χ3v) is 6.50. The van der Waals surface area contributed by atoms with Crippen LogP contribution in [-0.2, 0) is 26.3 Å². The maximum absolute atomic E-state index is 12.4. The van der Waals surface area contributed by atoms with E-state index >= 15 is 0 Å². The highest BCUT2D eigenvalue weighted by atomic mass is 32.2. The van der Waals surface area contributed by atoms with Gasteiger partial charge in [0.05, 0.1) is 32.1 Å². The van der Waals surface area contributed by atoms with Crippen molar-refractivity contribution in [1.82, 2.24) is 13.6 Å². The Labute approximate surface area is 137 Å². The van der Waals surface area contributed by atoms with Crippen LogP contribution in [0.25, 0.3) is 0 Å². The SMILES string of the molecule is CN(C)S(=O)(=O)N1C[C@H]2COC[C@@]2(COCc2ccccn2)C1. The second-order valence-corrected chi connectivity index (χ2v) is 8.61. The van der Waals surface area contributed by atoms with Crippen molar-refractivity contribution in [2.45, 2.75) is 6.61 Å². The van der Waals surface area contributed by atoms with Crippen LogP contribution in [0.5, 0.6) is 0 Å². The van der Waals surface area contributed by atoms with Gasteiger partial charge in [-0.2, -0.15) is 17.0 Å². The molecule has 2 saturated heterocycles. The maximum Gasteiger partial charge on any atom is 0.281 e. The van der Waals surface area contributed by atoms with E-state index in [1.807, 2.05) is 18.2 Å². The zero-order valence-electron chi connectivity index (χ0n) is 13.5. The summed E-state index contributed by atoms with van der Waals surface area (Å²) in [6.07, 6.45) is 1.74. The molecule has 0 saturated carbocycles. The molecule has 128 valence electrons. The fourth-order valence-corrected chi connectivity index (χ4v) is 4.49. The van der Waals surface area contributed by atoms with Gasteiger partial charge in [-0.1, -0.05) is 6.07 Å². The Balaban J connectivity index is 1.65. The molecular weight excluding hydrogens is 318 g/mol. The van der Waals surface area contributed by atoms with Crippen molar-refractivity contribution < 1.29 is 17.9 Å². The Bertz CT molecular complexity index is 637. The first kappa shape index (κ1) is 16.8. The van der Waals surface area contributed by atoms with Crippen LogP contribution < -0.4 is 0 Å². The molecule has 3 rings (SSSR count). The summed E-state index contributed by atoms with van der Waals surface area (Å²) < 4.78 is 39.0. The number of hydrogen-bond donors (Lipinski definition) is 0. The summed E-state index contributed by atoms with van der Waals surface area (Å²) in [5.41, 5.74) is 0.618. The monoisotopic (exact) mass is 341 g/mol. The van der Waals surface area contributed by atoms with E-state index in [1.54, 1.807) is 24.6 Å². The normalized spacial score (nSPS) is 28.4. The van der Waals surface area contributed by atoms with Crippen molar-refractivity contribution in [3.05, 3.63) is 30.1 Å². The van der Waals surface area contributed by atoms with Gasteiger partial charge in [0.1, 0.15) is 0 Å². The van der Waals surface area contributed by atoms with Crippen molar-refractivity contribution in [3.63, 3.8) is 0 Å². The van der Waals surface area contributed by atoms with Gasteiger partial charge in [-0.25, -0.2) is 0 Å². The number of nitrogens with zero attached hydrogens (tertiary/aromatic N) is 3. The predicted molar refractivity (Wildman–Crippen MR) is 84.8 cm³/mol. The van der Waals surface area contributed by atoms with Crippen molar-refractivity contribution in [2.75, 3.05) is 47.0 Å². The minimum Gasteiger partial charge on any atom is -0.380 e. The molecule has 0 radical (unpaired) electrons. The Hall–Kier alpha value is -1.06. The third kappa shape index (κ3) is 3.27. The van der Waals surface area contributed by atoms with E-state index in [9.17, 15) is 8.42 Å². The molecule has 1 aromatic rings. The Morgan fingerprint density at radius 3 is 3.00 bits per heavy atom. The summed E-state index contributed by atoms with van der Waals surface area (Å²) in [6, 6.07) is 5.70. The van der Waals surface area contributed by atoms with E-state index in [2.05, 4.69) is 4.98 Å². The summed E-state index contributed by atoms with van der Waals surface area (Å²) >= 11 is 0. The molecule has 8 heteroatoms. The summed E-state index contributed by atoms with van der Waals surface area (Å²) in [7, 11) is -0.271. The molecule has 3 heterocycles. The highest BCUT2D eigenvalue weighted by Gasteiger charge is 2.53. The van der Waals surface area contributed by atoms with E-state index in [-0.39, 0.29) is 11.3 Å². The van der Waals surface area contributed by atoms with Crippen LogP contribution in [0.4, 0.5) is 0 Å². The van der Waals surface area contributed by atoms with Gasteiger partial charge >= 0.3 is 0 Å². The molecule has 0 aromatic carbocycles. The number of rotatable bonds is 6. The first-order chi connectivity index (χ1) is 10.9. The first-order valence-electron chi connectivity index (χ1n) is 7.67. The van der Waals surface area contributed by atoms with Crippen LogP contribution in [0.1, 0.15) is 5.69 Å². The number of aromatic nitrogens is 1. The molecule has 0 amide bonds. The zero-order chi connectivity index (χ0) is 16.5. The summed E-state index contributed by atoms with van der Waals surface area (Å²) in [5.74, 6) is 0.181. The lowest BCUT2D eigenvalue weighted by Crippen LogP contribution is -2.41. The summed E-state index contributed by atoms with van der Waals surface area (Å²) in [4.78, 5) is 4.23. The molecule has 2 fully saturated rings. The van der Waals surface area contributed by atoms with E-state index in [1.165, 1.54) is 4.31 Å². The average Bonchev–Trinajstić information content (AvgIpc) is 3.05. The number of pyridine rings is 1. The van der Waals surface area contributed by atoms with Crippen LogP contribution in [0, 0.1) is 11.3 Å². The van der Waals surface area contributed by atoms with E-state index in [0.717, 1.165) is 5.69 Å². The second kappa shape index (κ2) is 6.45. The van der Waals surface area contributed by atoms with E-state index in [0.29, 0.717) is 39.5 Å². The highest BCUT2D eigenvalue weighted by Crippen LogP contribution is 2.42. The van der Waals surface area contributed by atoms with Crippen molar-refractivity contribution in [3.8, 4) is 0 Å². The van der Waals surface area contributed by atoms with Crippen LogP contribution in [0.2, 0.25) is 0 Å². The lowest BCUT2D eigenvalue weighted by Gasteiger charge is -2.27. The van der Waals surface area contributed by atoms with Gasteiger partial charge in [-0.05, 0) is 12.1 Å². The minimum atomic E-state index is -3.39. The van der Waals surface area contributed by atoms with Gasteiger partial charge in [-0.15, -0.1) is 0 Å². The molecule has 0 bridgehead atoms. The van der Waals surface area contributed by atoms with E-state index < -0.39 is 10.2 Å². The molecular formula is C15H23N3O4S. The molecule has 0 spiro atoms. The third-order valence-electron chi connectivity index (χ3n) is 4.64. The van der Waals surface area contributed by atoms with Gasteiger partial charge in [0, 0.05) is 44.7 Å². The molecule has 0 N–H and O–H groups in total. The van der Waals surface area contributed by atoms with Crippen LogP contribution in [-0.4, -0.2) is 69.0 Å². The Morgan fingerprint density at radius 1 is 1.48 bits per heavy atom. The highest BCUT2D eigenvalue weighted by molar-refractivity contribution is 7.86. The molecule has 2 aliphatic rings. The van der Waals surface area contributed by atoms with Gasteiger partial charge in [0.25, 0.3) is 10.2 Å². The number of hydrogen-bond acceptors (Lipinski definition) is 5. The van der Waals surface area contributed by atoms with Crippen LogP contribution in [0.15, 0.2) is 24.4 Å². The standard InChI is InChI=1S/C15H23N3O4S/c1-17(2)23(19,20)18-7-13-8-21-11-15(13,10-18)12-22-9-14-5-3-4-6-16-14/h3-6,13H,7-12H2,1-2H3/t13-,15+/m0/s1. The fourth-order valence-electron chi connectivity index (χ4n) is 3.24. The van der Waals surface area contributed by atoms with Crippen LogP contribution >= 0.6 is 0 Å². The van der Waals surface area contributed by atoms with Gasteiger partial charge in [-0.3, -0.25) is 4.98 Å². The predicted octanol–water partition coefficient (Wildman–Crippen LogP) is 0.353. The van der Waals surface area contributed by atoms with E-state index in [4.69, 9.17) is 9.47 Å². The lowest BCUT2D eigenvalue weighted by molar-refractivity contribution is 0.0210. The maximum atomic E-state index is 12.4. The Kier molecular flexibility index (Phi) is 4.70. The van der Waals surface area contributed by atoms with Crippen molar-refractivity contribution in [2.24, 2.45) is 11.3 Å². The molecule has 2 aliphatic heterocycles. The second-order valence-electron chi connectivity index (χ2n) is 6.47. The zero-order valence-corrected chi connectivity index (χ0v) is 14.3. The molecule has 0 unspecified atom stereocenters. The molecule has 0 aliphatic carbocycles. The van der Waals surface area contributed by atoms with Crippen LogP contribution in [0.3, 0.4) is 0 Å². The smallest absolute Gasteiger partial charge is 0.281 e. The van der Waals surface area contributed by atoms with Crippen molar-refractivity contribution in [1.29, 1.82) is 0 Å². The number of fused-ring (bicyclic) bond motifs is 1. The molecule has 23 heavy (non-hydrogen) atoms. The largest absolute Gasteiger partial charge is 0.380 e. The Morgan fingerprint density at radius 2 is 2.30 bits per heavy atom. The average molecular weight is 341 g/mol.